The van der Waals surface area contributed by atoms with Crippen LogP contribution in [0.1, 0.15) is 163 Å². The molecule has 87 heavy (non-hydrogen) atoms. The van der Waals surface area contributed by atoms with Gasteiger partial charge in [0.25, 0.3) is 0 Å². The van der Waals surface area contributed by atoms with Gasteiger partial charge in [0, 0.05) is 42.3 Å². The van der Waals surface area contributed by atoms with Crippen LogP contribution in [-0.4, -0.2) is 226 Å². The number of aliphatic hydroxyl groups excluding tert-OH is 2. The van der Waals surface area contributed by atoms with Crippen LogP contribution in [0.15, 0.2) is 12.2 Å². The number of nitrogens with zero attached hydrogens (tertiary/aromatic N) is 6. The quantitative estimate of drug-likeness (QED) is 0.110. The zero-order valence-electron chi connectivity index (χ0n) is 57.0. The Bertz CT molecular complexity index is 2380. The van der Waals surface area contributed by atoms with Crippen molar-refractivity contribution in [3.05, 3.63) is 12.2 Å². The molecule has 0 radical (unpaired) electrons. The lowest BCUT2D eigenvalue weighted by atomic mass is 9.91. The number of aliphatic hydroxyl groups is 2. The first-order valence-electron chi connectivity index (χ1n) is 31.2. The Kier molecular flexibility index (Phi) is 32.4. The summed E-state index contributed by atoms with van der Waals surface area (Å²) in [5.74, 6) is -10.8. The van der Waals surface area contributed by atoms with Gasteiger partial charge < -0.3 is 66.2 Å². The summed E-state index contributed by atoms with van der Waals surface area (Å²) in [4.78, 5) is 168. The molecule has 0 saturated carbocycles. The Morgan fingerprint density at radius 2 is 0.839 bits per heavy atom. The number of rotatable bonds is 16. The predicted molar refractivity (Wildman–Crippen MR) is 334 cm³/mol. The summed E-state index contributed by atoms with van der Waals surface area (Å²) < 4.78 is 0. The minimum atomic E-state index is -1.76. The maximum atomic E-state index is 15.1. The van der Waals surface area contributed by atoms with E-state index in [0.29, 0.717) is 6.42 Å². The SMILES string of the molecule is CC=CC[C@@H](C)[C@@H](O)[C@H]1C(=O)N[C@@H]([C@@H](C)O)C(=O)N(C)[C@H](C)C(=O)N(C)[C@@H](C(C)CC)C(=O)N[C@@H](CC(C)C)C(=O)N(C)[C@@H](CC(C)C)C(=O)N[C@@H](C)C(=O)N[C@H](C)C(=O)N(C)[C@@H](CC(C)C)C(=O)N[C@@H](CC(C)C)C(=O)N(C)[C@@H](C(C)C)C(=O)N1C. The van der Waals surface area contributed by atoms with Crippen molar-refractivity contribution < 1.29 is 63.0 Å². The van der Waals surface area contributed by atoms with Crippen LogP contribution in [0, 0.1) is 41.4 Å². The maximum absolute atomic E-state index is 15.1. The van der Waals surface area contributed by atoms with Crippen LogP contribution in [0.4, 0.5) is 0 Å². The van der Waals surface area contributed by atoms with Crippen LogP contribution in [-0.2, 0) is 52.7 Å². The minimum absolute atomic E-state index is 0.0930. The number of amides is 11. The molecule has 24 nitrogen and oxygen atoms in total. The third kappa shape index (κ3) is 22.1. The van der Waals surface area contributed by atoms with Gasteiger partial charge in [0.1, 0.15) is 66.5 Å². The van der Waals surface area contributed by atoms with E-state index in [1.807, 2.05) is 62.3 Å². The van der Waals surface area contributed by atoms with Crippen molar-refractivity contribution in [2.45, 2.75) is 242 Å². The number of nitrogens with one attached hydrogen (secondary N) is 5. The topological polar surface area (TPSA) is 308 Å². The molecule has 1 unspecified atom stereocenters. The molecule has 0 aromatic rings. The van der Waals surface area contributed by atoms with Crippen LogP contribution in [0.3, 0.4) is 0 Å². The molecule has 7 N–H and O–H groups in total. The molecule has 24 heteroatoms. The van der Waals surface area contributed by atoms with E-state index in [1.165, 1.54) is 89.6 Å². The molecule has 15 atom stereocenters. The van der Waals surface area contributed by atoms with Gasteiger partial charge in [-0.15, -0.1) is 0 Å². The molecule has 0 bridgehead atoms. The molecule has 498 valence electrons. The van der Waals surface area contributed by atoms with E-state index in [9.17, 15) is 58.2 Å². The highest BCUT2D eigenvalue weighted by atomic mass is 16.3. The van der Waals surface area contributed by atoms with Crippen LogP contribution in [0.2, 0.25) is 0 Å². The summed E-state index contributed by atoms with van der Waals surface area (Å²) in [6.45, 7) is 30.7. The zero-order valence-corrected chi connectivity index (χ0v) is 57.0. The van der Waals surface area contributed by atoms with Crippen LogP contribution in [0.5, 0.6) is 0 Å². The Morgan fingerprint density at radius 3 is 1.28 bits per heavy atom. The Hall–Kier alpha value is -6.17. The molecule has 1 rings (SSSR count). The average Bonchev–Trinajstić information content (AvgIpc) is 2.42. The second-order valence-corrected chi connectivity index (χ2v) is 26.5. The number of likely N-dealkylation sites (N-methyl/N-ethyl adjacent to an activating group) is 6. The first-order valence-corrected chi connectivity index (χ1v) is 31.2. The van der Waals surface area contributed by atoms with Gasteiger partial charge in [-0.2, -0.15) is 0 Å². The standard InChI is InChI=1S/C63H113N11O13/c1-25-27-28-39(14)52(76)51-57(81)68-48(43(18)75)62(86)69(19)42(17)59(83)73(23)50(38(13)26-2)56(80)67-44(29-33(3)4)60(84)71(21)46(31-35(7)8)54(78)64-40(15)53(77)65-41(16)58(82)70(20)47(32-36(9)10)55(79)66-45(30-34(5)6)61(85)72(22)49(37(11)12)63(87)74(51)24/h25,27,33-52,75-76H,26,28-32H2,1-24H3,(H,64,78)(H,65,77)(H,66,79)(H,67,80)(H,68,81)/t38?,39-,40+,41-,42-,43-,44+,45+,46+,47+,48+,49+,50+,51+,52-/m1/s1. The summed E-state index contributed by atoms with van der Waals surface area (Å²) in [6, 6.07) is -14.6. The lowest BCUT2D eigenvalue weighted by molar-refractivity contribution is -0.155. The highest BCUT2D eigenvalue weighted by Crippen LogP contribution is 2.25. The van der Waals surface area contributed by atoms with Gasteiger partial charge in [0.15, 0.2) is 0 Å². The Morgan fingerprint density at radius 1 is 0.437 bits per heavy atom. The van der Waals surface area contributed by atoms with E-state index in [2.05, 4.69) is 26.6 Å². The average molecular weight is 1230 g/mol. The number of hydrogen-bond acceptors (Lipinski definition) is 13. The van der Waals surface area contributed by atoms with Gasteiger partial charge in [0.2, 0.25) is 65.0 Å². The van der Waals surface area contributed by atoms with Gasteiger partial charge in [0.05, 0.1) is 12.2 Å². The normalized spacial score (nSPS) is 28.0. The third-order valence-corrected chi connectivity index (χ3v) is 16.6. The minimum Gasteiger partial charge on any atom is -0.391 e. The van der Waals surface area contributed by atoms with Crippen LogP contribution < -0.4 is 26.6 Å². The summed E-state index contributed by atoms with van der Waals surface area (Å²) in [5, 5.41) is 37.0. The largest absolute Gasteiger partial charge is 0.391 e. The Balaban J connectivity index is 4.39. The van der Waals surface area contributed by atoms with Gasteiger partial charge in [-0.1, -0.05) is 109 Å². The highest BCUT2D eigenvalue weighted by molar-refractivity contribution is 6.00. The van der Waals surface area contributed by atoms with Crippen molar-refractivity contribution in [1.29, 1.82) is 0 Å². The fraction of sp³-hybridized carbons (Fsp3) is 0.794. The first-order chi connectivity index (χ1) is 40.1. The predicted octanol–water partition coefficient (Wildman–Crippen LogP) is 2.68. The molecule has 1 aliphatic heterocycles. The summed E-state index contributed by atoms with van der Waals surface area (Å²) in [6.07, 6.45) is 1.44. The lowest BCUT2D eigenvalue weighted by Gasteiger charge is -2.40. The molecular weight excluding hydrogens is 1120 g/mol. The Labute approximate surface area is 519 Å². The number of carbonyl (C=O) groups excluding carboxylic acids is 11. The molecule has 1 aliphatic rings. The van der Waals surface area contributed by atoms with Gasteiger partial charge in [-0.25, -0.2) is 0 Å². The van der Waals surface area contributed by atoms with Crippen molar-refractivity contribution in [3.8, 4) is 0 Å². The van der Waals surface area contributed by atoms with E-state index in [1.54, 1.807) is 46.8 Å². The van der Waals surface area contributed by atoms with E-state index in [4.69, 9.17) is 0 Å². The van der Waals surface area contributed by atoms with Gasteiger partial charge in [-0.05, 0) is 108 Å². The summed E-state index contributed by atoms with van der Waals surface area (Å²) >= 11 is 0. The molecule has 11 amide bonds. The zero-order chi connectivity index (χ0) is 67.6. The van der Waals surface area contributed by atoms with E-state index < -0.39 is 161 Å². The first kappa shape index (κ1) is 78.8. The van der Waals surface area contributed by atoms with Crippen LogP contribution in [0.25, 0.3) is 0 Å². The molecular formula is C63H113N11O13. The second-order valence-electron chi connectivity index (χ2n) is 26.5. The van der Waals surface area contributed by atoms with E-state index in [-0.39, 0.29) is 55.8 Å². The third-order valence-electron chi connectivity index (χ3n) is 16.6. The van der Waals surface area contributed by atoms with Crippen molar-refractivity contribution in [2.75, 3.05) is 42.3 Å². The fourth-order valence-electron chi connectivity index (χ4n) is 11.0. The van der Waals surface area contributed by atoms with Crippen LogP contribution >= 0.6 is 0 Å². The van der Waals surface area contributed by atoms with Crippen molar-refractivity contribution in [3.63, 3.8) is 0 Å². The monoisotopic (exact) mass is 1230 g/mol. The molecule has 1 heterocycles. The smallest absolute Gasteiger partial charge is 0.248 e. The van der Waals surface area contributed by atoms with Gasteiger partial charge in [-0.3, -0.25) is 52.7 Å². The number of carbonyl (C=O) groups is 11. The molecule has 0 aromatic carbocycles. The van der Waals surface area contributed by atoms with E-state index >= 15 is 4.79 Å². The molecule has 0 aliphatic carbocycles. The van der Waals surface area contributed by atoms with Crippen molar-refractivity contribution >= 4 is 65.0 Å². The lowest BCUT2D eigenvalue weighted by Crippen LogP contribution is -2.65. The van der Waals surface area contributed by atoms with Crippen molar-refractivity contribution in [1.82, 2.24) is 56.0 Å². The number of hydrogen-bond donors (Lipinski definition) is 7. The maximum Gasteiger partial charge on any atom is 0.248 e. The fourth-order valence-corrected chi connectivity index (χ4v) is 11.0. The van der Waals surface area contributed by atoms with E-state index in [0.717, 1.165) is 9.80 Å². The molecule has 1 fully saturated rings. The molecule has 1 saturated heterocycles. The second kappa shape index (κ2) is 35.7. The molecule has 0 spiro atoms. The summed E-state index contributed by atoms with van der Waals surface area (Å²) in [5.41, 5.74) is 0. The van der Waals surface area contributed by atoms with Crippen molar-refractivity contribution in [2.24, 2.45) is 41.4 Å². The molecule has 0 aromatic heterocycles. The highest BCUT2D eigenvalue weighted by Gasteiger charge is 2.46. The number of allylic oxidation sites excluding steroid dienone is 2. The summed E-state index contributed by atoms with van der Waals surface area (Å²) in [7, 11) is 8.19. The van der Waals surface area contributed by atoms with Gasteiger partial charge >= 0.3 is 0 Å².